The number of aryl methyl sites for hydroxylation is 1. The molecule has 1 heterocycles. The Morgan fingerprint density at radius 3 is 1.48 bits per heavy atom. The Balaban J connectivity index is 1.03. The van der Waals surface area contributed by atoms with Crippen LogP contribution in [0, 0.1) is 6.92 Å². The summed E-state index contributed by atoms with van der Waals surface area (Å²) in [5.74, 6) is 0.850. The maximum Gasteiger partial charge on any atom is 0.159 e. The average molecular weight is 969 g/mol. The number of furan rings is 1. The molecule has 1 N–H and O–H groups in total. The maximum absolute atomic E-state index is 12.8. The van der Waals surface area contributed by atoms with Crippen molar-refractivity contribution in [1.29, 1.82) is 0 Å². The highest BCUT2D eigenvalue weighted by Crippen LogP contribution is 2.52. The highest BCUT2D eigenvalue weighted by Gasteiger charge is 2.27. The molecule has 4 nitrogen and oxygen atoms in total. The van der Waals surface area contributed by atoms with E-state index < -0.39 is 0 Å². The van der Waals surface area contributed by atoms with Crippen LogP contribution in [-0.2, 0) is 0 Å². The number of benzene rings is 12. The van der Waals surface area contributed by atoms with E-state index in [1.54, 1.807) is 0 Å². The minimum atomic E-state index is 0.220. The van der Waals surface area contributed by atoms with Crippen molar-refractivity contribution >= 4 is 88.4 Å². The molecule has 1 aromatic heterocycles. The van der Waals surface area contributed by atoms with Crippen LogP contribution in [0.2, 0.25) is 0 Å². The number of hydrogen-bond donors (Lipinski definition) is 1. The molecule has 0 fully saturated rings. The van der Waals surface area contributed by atoms with Crippen LogP contribution in [0.5, 0.6) is 5.75 Å². The normalized spacial score (nSPS) is 11.8. The van der Waals surface area contributed by atoms with Crippen molar-refractivity contribution in [3.8, 4) is 39.1 Å². The average Bonchev–Trinajstić information content (AvgIpc) is 3.84. The molecule has 13 rings (SSSR count). The fourth-order valence-electron chi connectivity index (χ4n) is 11.5. The lowest BCUT2D eigenvalue weighted by Gasteiger charge is -2.30. The standard InChI is InChI=1S/C71H56N2O2/c1-44(2)50-20-12-24-54(42-50)72(65-31-15-27-57(69(65)74)53-23-11-22-52(41-53)56-26-10-9-17-46(56)5)63-39-35-48-34-38-62-64(40-36-49-33-37-61(63)67(48)68(49)62)73(55-25-13-21-51(43-55)45(3)4)66-32-16-30-60-59-29-14-28-58(70(59)75-71(60)66)47-18-7-6-8-19-47/h6-45,74H,1-5H3. The molecule has 0 aliphatic carbocycles. The second kappa shape index (κ2) is 18.4. The number of rotatable bonds is 11. The molecule has 0 unspecified atom stereocenters. The summed E-state index contributed by atoms with van der Waals surface area (Å²) in [6.07, 6.45) is 0. The minimum absolute atomic E-state index is 0.220. The minimum Gasteiger partial charge on any atom is -0.505 e. The summed E-state index contributed by atoms with van der Waals surface area (Å²) in [5, 5.41) is 21.8. The van der Waals surface area contributed by atoms with E-state index in [0.717, 1.165) is 99.7 Å². The summed E-state index contributed by atoms with van der Waals surface area (Å²) in [6.45, 7) is 11.1. The zero-order chi connectivity index (χ0) is 50.9. The highest BCUT2D eigenvalue weighted by atomic mass is 16.3. The molecule has 0 spiro atoms. The zero-order valence-corrected chi connectivity index (χ0v) is 42.8. The van der Waals surface area contributed by atoms with E-state index in [0.29, 0.717) is 17.5 Å². The number of phenolic OH excluding ortho intramolecular Hbond substituents is 1. The Labute approximate surface area is 438 Å². The van der Waals surface area contributed by atoms with Crippen molar-refractivity contribution in [2.75, 3.05) is 9.80 Å². The van der Waals surface area contributed by atoms with Gasteiger partial charge in [-0.05, 0) is 134 Å². The van der Waals surface area contributed by atoms with Crippen LogP contribution in [0.25, 0.3) is 87.6 Å². The van der Waals surface area contributed by atoms with E-state index in [-0.39, 0.29) is 5.75 Å². The van der Waals surface area contributed by atoms with Gasteiger partial charge in [0.25, 0.3) is 0 Å². The molecule has 13 aromatic rings. The molecule has 0 aliphatic heterocycles. The number of fused-ring (bicyclic) bond motifs is 3. The molecular formula is C71H56N2O2. The molecular weight excluding hydrogens is 913 g/mol. The quantitative estimate of drug-likeness (QED) is 0.131. The summed E-state index contributed by atoms with van der Waals surface area (Å²) in [7, 11) is 0. The van der Waals surface area contributed by atoms with Crippen LogP contribution < -0.4 is 9.80 Å². The van der Waals surface area contributed by atoms with Gasteiger partial charge in [0, 0.05) is 44.0 Å². The first kappa shape index (κ1) is 45.7. The third-order valence-corrected chi connectivity index (χ3v) is 15.4. The van der Waals surface area contributed by atoms with Gasteiger partial charge in [-0.25, -0.2) is 0 Å². The van der Waals surface area contributed by atoms with Crippen molar-refractivity contribution < 1.29 is 9.52 Å². The predicted molar refractivity (Wildman–Crippen MR) is 318 cm³/mol. The van der Waals surface area contributed by atoms with E-state index in [4.69, 9.17) is 4.42 Å². The van der Waals surface area contributed by atoms with Crippen LogP contribution in [0.1, 0.15) is 56.2 Å². The lowest BCUT2D eigenvalue weighted by Crippen LogP contribution is -2.12. The first-order valence-corrected chi connectivity index (χ1v) is 26.2. The van der Waals surface area contributed by atoms with Gasteiger partial charge < -0.3 is 19.3 Å². The molecule has 0 amide bonds. The van der Waals surface area contributed by atoms with Crippen molar-refractivity contribution in [3.05, 3.63) is 247 Å². The molecule has 0 atom stereocenters. The number of phenols is 1. The molecule has 362 valence electrons. The summed E-state index contributed by atoms with van der Waals surface area (Å²) in [6, 6.07) is 82.6. The second-order valence-electron chi connectivity index (χ2n) is 20.6. The van der Waals surface area contributed by atoms with E-state index in [1.165, 1.54) is 33.0 Å². The summed E-state index contributed by atoms with van der Waals surface area (Å²) < 4.78 is 7.15. The lowest BCUT2D eigenvalue weighted by molar-refractivity contribution is 0.478. The van der Waals surface area contributed by atoms with Crippen molar-refractivity contribution in [2.45, 2.75) is 46.5 Å². The number of aromatic hydroxyl groups is 1. The molecule has 75 heavy (non-hydrogen) atoms. The van der Waals surface area contributed by atoms with E-state index >= 15 is 0 Å². The summed E-state index contributed by atoms with van der Waals surface area (Å²) >= 11 is 0. The fourth-order valence-corrected chi connectivity index (χ4v) is 11.5. The zero-order valence-electron chi connectivity index (χ0n) is 42.8. The van der Waals surface area contributed by atoms with Crippen LogP contribution >= 0.6 is 0 Å². The first-order valence-electron chi connectivity index (χ1n) is 26.2. The third kappa shape index (κ3) is 7.75. The van der Waals surface area contributed by atoms with Gasteiger partial charge in [-0.2, -0.15) is 0 Å². The predicted octanol–water partition coefficient (Wildman–Crippen LogP) is 20.7. The Hall–Kier alpha value is -9.12. The van der Waals surface area contributed by atoms with Crippen molar-refractivity contribution in [1.82, 2.24) is 0 Å². The van der Waals surface area contributed by atoms with Crippen LogP contribution in [0.3, 0.4) is 0 Å². The Morgan fingerprint density at radius 1 is 0.360 bits per heavy atom. The van der Waals surface area contributed by atoms with Crippen LogP contribution in [-0.4, -0.2) is 5.11 Å². The van der Waals surface area contributed by atoms with Gasteiger partial charge in [0.2, 0.25) is 0 Å². The lowest BCUT2D eigenvalue weighted by atomic mass is 9.91. The van der Waals surface area contributed by atoms with Gasteiger partial charge in [-0.3, -0.25) is 0 Å². The highest BCUT2D eigenvalue weighted by molar-refractivity contribution is 6.28. The number of para-hydroxylation sites is 3. The SMILES string of the molecule is Cc1ccccc1-c1cccc(-c2cccc(N(c3cccc(C(C)C)c3)c3ccc4ccc5c(N(c6cccc(C(C)C)c6)c6cccc7c6oc6c(-c8ccccc8)cccc67)ccc6ccc3c4c65)c2O)c1. The van der Waals surface area contributed by atoms with Gasteiger partial charge in [0.15, 0.2) is 5.58 Å². The summed E-state index contributed by atoms with van der Waals surface area (Å²) in [4.78, 5) is 4.67. The molecule has 0 aliphatic rings. The van der Waals surface area contributed by atoms with Crippen molar-refractivity contribution in [2.24, 2.45) is 0 Å². The molecule has 0 saturated carbocycles. The third-order valence-electron chi connectivity index (χ3n) is 15.4. The monoisotopic (exact) mass is 968 g/mol. The topological polar surface area (TPSA) is 39.9 Å². The second-order valence-corrected chi connectivity index (χ2v) is 20.6. The van der Waals surface area contributed by atoms with E-state index in [9.17, 15) is 5.11 Å². The van der Waals surface area contributed by atoms with Gasteiger partial charge in [0.05, 0.1) is 22.7 Å². The first-order chi connectivity index (χ1) is 36.7. The van der Waals surface area contributed by atoms with Gasteiger partial charge in [0.1, 0.15) is 11.3 Å². The van der Waals surface area contributed by atoms with E-state index in [1.807, 2.05) is 12.1 Å². The molecule has 0 bridgehead atoms. The van der Waals surface area contributed by atoms with Gasteiger partial charge in [-0.1, -0.05) is 204 Å². The molecule has 0 radical (unpaired) electrons. The Bertz CT molecular complexity index is 4300. The number of hydrogen-bond acceptors (Lipinski definition) is 4. The largest absolute Gasteiger partial charge is 0.505 e. The molecule has 12 aromatic carbocycles. The summed E-state index contributed by atoms with van der Waals surface area (Å²) in [5.41, 5.74) is 17.3. The maximum atomic E-state index is 12.8. The Kier molecular flexibility index (Phi) is 11.2. The number of anilines is 6. The van der Waals surface area contributed by atoms with Crippen molar-refractivity contribution in [3.63, 3.8) is 0 Å². The number of nitrogens with zero attached hydrogens (tertiary/aromatic N) is 2. The van der Waals surface area contributed by atoms with Crippen LogP contribution in [0.15, 0.2) is 235 Å². The van der Waals surface area contributed by atoms with E-state index in [2.05, 4.69) is 263 Å². The van der Waals surface area contributed by atoms with Gasteiger partial charge >= 0.3 is 0 Å². The smallest absolute Gasteiger partial charge is 0.159 e. The molecule has 4 heteroatoms. The fraction of sp³-hybridized carbons (Fsp3) is 0.0986. The van der Waals surface area contributed by atoms with Gasteiger partial charge in [-0.15, -0.1) is 0 Å². The Morgan fingerprint density at radius 2 is 0.840 bits per heavy atom. The molecule has 0 saturated heterocycles. The van der Waals surface area contributed by atoms with Crippen LogP contribution in [0.4, 0.5) is 34.1 Å².